The second-order valence-electron chi connectivity index (χ2n) is 3.17. The summed E-state index contributed by atoms with van der Waals surface area (Å²) in [7, 11) is 1.90. The van der Waals surface area contributed by atoms with Crippen LogP contribution in [0, 0.1) is 0 Å². The van der Waals surface area contributed by atoms with Crippen molar-refractivity contribution in [3.05, 3.63) is 0 Å². The lowest BCUT2D eigenvalue weighted by atomic mass is 10.3. The first-order chi connectivity index (χ1) is 7.28. The normalized spacial score (nSPS) is 11.6. The molecule has 0 radical (unpaired) electrons. The van der Waals surface area contributed by atoms with Crippen LogP contribution < -0.4 is 0 Å². The third-order valence-corrected chi connectivity index (χ3v) is 4.40. The van der Waals surface area contributed by atoms with Crippen molar-refractivity contribution < 1.29 is 18.3 Å². The van der Waals surface area contributed by atoms with Crippen LogP contribution in [-0.4, -0.2) is 43.0 Å². The van der Waals surface area contributed by atoms with Gasteiger partial charge in [0.15, 0.2) is 6.29 Å². The topological polar surface area (TPSA) is 36.9 Å². The maximum absolute atomic E-state index is 5.57. The minimum absolute atomic E-state index is 0.0945. The molecule has 0 N–H and O–H groups in total. The van der Waals surface area contributed by atoms with Gasteiger partial charge in [-0.25, -0.2) is 0 Å². The van der Waals surface area contributed by atoms with E-state index in [0.29, 0.717) is 0 Å². The van der Waals surface area contributed by atoms with Crippen LogP contribution in [0.5, 0.6) is 0 Å². The summed E-state index contributed by atoms with van der Waals surface area (Å²) in [6.07, 6.45) is 1.84. The standard InChI is InChI=1S/C10H24O4Si/c1-5-13-15(14-6-2)9-7-8-10(11-3)12-4/h10,15H,5-9H2,1-4H3. The average Bonchev–Trinajstić information content (AvgIpc) is 2.25. The maximum atomic E-state index is 5.57. The Morgan fingerprint density at radius 2 is 1.53 bits per heavy atom. The van der Waals surface area contributed by atoms with E-state index in [2.05, 4.69) is 0 Å². The summed E-state index contributed by atoms with van der Waals surface area (Å²) < 4.78 is 21.4. The molecule has 0 spiro atoms. The van der Waals surface area contributed by atoms with Crippen LogP contribution in [-0.2, 0) is 18.3 Å². The molecule has 0 aromatic rings. The molecular weight excluding hydrogens is 212 g/mol. The van der Waals surface area contributed by atoms with Gasteiger partial charge >= 0.3 is 9.28 Å². The van der Waals surface area contributed by atoms with Gasteiger partial charge in [-0.3, -0.25) is 0 Å². The Morgan fingerprint density at radius 3 is 1.93 bits per heavy atom. The molecule has 0 aromatic heterocycles. The molecule has 0 heterocycles. The van der Waals surface area contributed by atoms with Crippen LogP contribution in [0.25, 0.3) is 0 Å². The van der Waals surface area contributed by atoms with E-state index in [1.807, 2.05) is 13.8 Å². The van der Waals surface area contributed by atoms with Gasteiger partial charge in [0.25, 0.3) is 0 Å². The summed E-state index contributed by atoms with van der Waals surface area (Å²) in [5.74, 6) is 0. The van der Waals surface area contributed by atoms with Crippen LogP contribution in [0.15, 0.2) is 0 Å². The van der Waals surface area contributed by atoms with E-state index >= 15 is 0 Å². The SMILES string of the molecule is CCO[SiH](CCCC(OC)OC)OCC. The molecule has 0 unspecified atom stereocenters. The van der Waals surface area contributed by atoms with Gasteiger partial charge in [0.05, 0.1) is 0 Å². The molecule has 0 atom stereocenters. The fourth-order valence-electron chi connectivity index (χ4n) is 1.37. The summed E-state index contributed by atoms with van der Waals surface area (Å²) in [5.41, 5.74) is 0. The molecule has 0 aliphatic carbocycles. The Kier molecular flexibility index (Phi) is 10.6. The van der Waals surface area contributed by atoms with Gasteiger partial charge in [0.1, 0.15) is 0 Å². The van der Waals surface area contributed by atoms with Crippen LogP contribution in [0.4, 0.5) is 0 Å². The van der Waals surface area contributed by atoms with Crippen molar-refractivity contribution in [1.29, 1.82) is 0 Å². The Hall–Kier alpha value is 0.0569. The highest BCUT2D eigenvalue weighted by Crippen LogP contribution is 2.09. The van der Waals surface area contributed by atoms with Gasteiger partial charge in [-0.2, -0.15) is 0 Å². The summed E-state index contributed by atoms with van der Waals surface area (Å²) in [4.78, 5) is 0. The van der Waals surface area contributed by atoms with Crippen molar-refractivity contribution in [3.63, 3.8) is 0 Å². The van der Waals surface area contributed by atoms with E-state index in [-0.39, 0.29) is 6.29 Å². The molecule has 4 nitrogen and oxygen atoms in total. The lowest BCUT2D eigenvalue weighted by Crippen LogP contribution is -2.23. The molecule has 15 heavy (non-hydrogen) atoms. The molecule has 0 rings (SSSR count). The molecular formula is C10H24O4Si. The number of hydrogen-bond acceptors (Lipinski definition) is 4. The van der Waals surface area contributed by atoms with Crippen molar-refractivity contribution in [1.82, 2.24) is 0 Å². The number of rotatable bonds is 10. The van der Waals surface area contributed by atoms with E-state index in [4.69, 9.17) is 18.3 Å². The molecule has 0 aliphatic heterocycles. The van der Waals surface area contributed by atoms with Gasteiger partial charge in [-0.05, 0) is 32.7 Å². The zero-order valence-electron chi connectivity index (χ0n) is 10.3. The van der Waals surface area contributed by atoms with Crippen LogP contribution in [0.3, 0.4) is 0 Å². The zero-order valence-corrected chi connectivity index (χ0v) is 11.5. The first-order valence-corrected chi connectivity index (χ1v) is 7.33. The quantitative estimate of drug-likeness (QED) is 0.427. The molecule has 92 valence electrons. The van der Waals surface area contributed by atoms with E-state index < -0.39 is 9.28 Å². The molecule has 0 amide bonds. The van der Waals surface area contributed by atoms with Crippen molar-refractivity contribution in [2.24, 2.45) is 0 Å². The second-order valence-corrected chi connectivity index (χ2v) is 5.28. The Bertz CT molecular complexity index is 125. The highest BCUT2D eigenvalue weighted by atomic mass is 28.3. The average molecular weight is 236 g/mol. The first kappa shape index (κ1) is 15.1. The number of hydrogen-bond donors (Lipinski definition) is 0. The van der Waals surface area contributed by atoms with Gasteiger partial charge in [0.2, 0.25) is 0 Å². The fraction of sp³-hybridized carbons (Fsp3) is 1.00. The summed E-state index contributed by atoms with van der Waals surface area (Å²) in [6.45, 7) is 5.50. The molecule has 0 saturated carbocycles. The third kappa shape index (κ3) is 7.93. The van der Waals surface area contributed by atoms with Gasteiger partial charge in [-0.15, -0.1) is 0 Å². The van der Waals surface area contributed by atoms with Crippen LogP contribution in [0.2, 0.25) is 6.04 Å². The smallest absolute Gasteiger partial charge is 0.321 e. The predicted octanol–water partition coefficient (Wildman–Crippen LogP) is 1.68. The van der Waals surface area contributed by atoms with E-state index in [1.165, 1.54) is 0 Å². The van der Waals surface area contributed by atoms with E-state index in [9.17, 15) is 0 Å². The predicted molar refractivity (Wildman–Crippen MR) is 62.2 cm³/mol. The van der Waals surface area contributed by atoms with Gasteiger partial charge < -0.3 is 18.3 Å². The minimum atomic E-state index is -1.43. The second kappa shape index (κ2) is 10.6. The minimum Gasteiger partial charge on any atom is -0.397 e. The molecule has 0 saturated heterocycles. The van der Waals surface area contributed by atoms with Crippen molar-refractivity contribution in [2.75, 3.05) is 27.4 Å². The largest absolute Gasteiger partial charge is 0.397 e. The molecule has 0 aromatic carbocycles. The van der Waals surface area contributed by atoms with Crippen molar-refractivity contribution in [3.8, 4) is 0 Å². The van der Waals surface area contributed by atoms with Crippen molar-refractivity contribution in [2.45, 2.75) is 39.0 Å². The Labute approximate surface area is 94.7 Å². The summed E-state index contributed by atoms with van der Waals surface area (Å²) in [5, 5.41) is 0. The third-order valence-electron chi connectivity index (χ3n) is 2.11. The summed E-state index contributed by atoms with van der Waals surface area (Å²) >= 11 is 0. The lowest BCUT2D eigenvalue weighted by molar-refractivity contribution is -0.106. The molecule has 5 heteroatoms. The van der Waals surface area contributed by atoms with E-state index in [0.717, 1.165) is 32.1 Å². The first-order valence-electron chi connectivity index (χ1n) is 5.57. The summed E-state index contributed by atoms with van der Waals surface area (Å²) in [6, 6.07) is 1.02. The lowest BCUT2D eigenvalue weighted by Gasteiger charge is -2.16. The maximum Gasteiger partial charge on any atom is 0.321 e. The van der Waals surface area contributed by atoms with E-state index in [1.54, 1.807) is 14.2 Å². The highest BCUT2D eigenvalue weighted by Gasteiger charge is 2.13. The molecule has 0 aliphatic rings. The Balaban J connectivity index is 3.59. The van der Waals surface area contributed by atoms with Crippen LogP contribution in [0.1, 0.15) is 26.7 Å². The number of ether oxygens (including phenoxy) is 2. The van der Waals surface area contributed by atoms with Gasteiger partial charge in [0, 0.05) is 27.4 Å². The monoisotopic (exact) mass is 236 g/mol. The zero-order chi connectivity index (χ0) is 11.5. The fourth-order valence-corrected chi connectivity index (χ4v) is 3.11. The highest BCUT2D eigenvalue weighted by molar-refractivity contribution is 6.44. The van der Waals surface area contributed by atoms with Crippen molar-refractivity contribution >= 4 is 9.28 Å². The Morgan fingerprint density at radius 1 is 1.00 bits per heavy atom. The van der Waals surface area contributed by atoms with Gasteiger partial charge in [-0.1, -0.05) is 0 Å². The molecule has 0 fully saturated rings. The molecule has 0 bridgehead atoms. The number of methoxy groups -OCH3 is 2. The van der Waals surface area contributed by atoms with Crippen LogP contribution >= 0.6 is 0 Å².